The van der Waals surface area contributed by atoms with Gasteiger partial charge in [-0.15, -0.1) is 0 Å². The maximum Gasteiger partial charge on any atom is 0.236 e. The van der Waals surface area contributed by atoms with Crippen molar-refractivity contribution in [3.63, 3.8) is 0 Å². The largest absolute Gasteiger partial charge is 0.355 e. The van der Waals surface area contributed by atoms with Crippen LogP contribution in [0.1, 0.15) is 19.4 Å². The number of nitrogens with one attached hydrogen (secondary N) is 3. The van der Waals surface area contributed by atoms with Crippen molar-refractivity contribution in [2.24, 2.45) is 0 Å². The third kappa shape index (κ3) is 3.42. The third-order valence-corrected chi connectivity index (χ3v) is 3.01. The lowest BCUT2D eigenvalue weighted by Gasteiger charge is -2.13. The zero-order chi connectivity index (χ0) is 14.4. The molecule has 1 atom stereocenters. The number of amides is 1. The average molecular weight is 273 g/mol. The van der Waals surface area contributed by atoms with E-state index >= 15 is 0 Å². The van der Waals surface area contributed by atoms with E-state index in [1.165, 1.54) is 0 Å². The molecule has 2 aromatic heterocycles. The van der Waals surface area contributed by atoms with E-state index in [-0.39, 0.29) is 11.9 Å². The minimum absolute atomic E-state index is 0.000998. The Morgan fingerprint density at radius 1 is 1.45 bits per heavy atom. The SMILES string of the molecule is CCNC(=O)C(C)NCc1cn[nH]c1-c1cccnc1. The highest BCUT2D eigenvalue weighted by molar-refractivity contribution is 5.81. The number of carbonyl (C=O) groups excluding carboxylic acids is 1. The van der Waals surface area contributed by atoms with E-state index in [1.807, 2.05) is 26.0 Å². The summed E-state index contributed by atoms with van der Waals surface area (Å²) >= 11 is 0. The zero-order valence-corrected chi connectivity index (χ0v) is 11.7. The number of hydrogen-bond acceptors (Lipinski definition) is 4. The van der Waals surface area contributed by atoms with Crippen LogP contribution in [0.25, 0.3) is 11.3 Å². The fraction of sp³-hybridized carbons (Fsp3) is 0.357. The van der Waals surface area contributed by atoms with Gasteiger partial charge in [-0.2, -0.15) is 5.10 Å². The molecule has 0 aliphatic heterocycles. The first-order valence-electron chi connectivity index (χ1n) is 6.66. The molecule has 0 radical (unpaired) electrons. The van der Waals surface area contributed by atoms with E-state index in [0.717, 1.165) is 16.8 Å². The highest BCUT2D eigenvalue weighted by Gasteiger charge is 2.13. The van der Waals surface area contributed by atoms with Gasteiger partial charge in [0.15, 0.2) is 0 Å². The molecule has 6 heteroatoms. The van der Waals surface area contributed by atoms with E-state index < -0.39 is 0 Å². The number of rotatable bonds is 6. The Morgan fingerprint density at radius 2 is 2.30 bits per heavy atom. The lowest BCUT2D eigenvalue weighted by Crippen LogP contribution is -2.41. The van der Waals surface area contributed by atoms with Gasteiger partial charge in [0.1, 0.15) is 0 Å². The Bertz CT molecular complexity index is 552. The maximum atomic E-state index is 11.7. The molecule has 20 heavy (non-hydrogen) atoms. The Balaban J connectivity index is 2.01. The Labute approximate surface area is 118 Å². The van der Waals surface area contributed by atoms with Crippen molar-refractivity contribution in [1.29, 1.82) is 0 Å². The van der Waals surface area contributed by atoms with Crippen LogP contribution in [-0.4, -0.2) is 33.7 Å². The van der Waals surface area contributed by atoms with E-state index in [1.54, 1.807) is 18.6 Å². The minimum atomic E-state index is -0.244. The van der Waals surface area contributed by atoms with Gasteiger partial charge in [-0.3, -0.25) is 14.9 Å². The van der Waals surface area contributed by atoms with E-state index in [9.17, 15) is 4.79 Å². The van der Waals surface area contributed by atoms with Gasteiger partial charge in [-0.1, -0.05) is 0 Å². The molecule has 2 aromatic rings. The number of H-pyrrole nitrogens is 1. The molecule has 2 rings (SSSR count). The number of carbonyl (C=O) groups is 1. The van der Waals surface area contributed by atoms with Crippen LogP contribution in [-0.2, 0) is 11.3 Å². The van der Waals surface area contributed by atoms with E-state index in [2.05, 4.69) is 25.8 Å². The first-order valence-corrected chi connectivity index (χ1v) is 6.66. The molecular weight excluding hydrogens is 254 g/mol. The molecule has 2 heterocycles. The molecule has 0 saturated carbocycles. The normalized spacial score (nSPS) is 12.1. The molecule has 0 aliphatic rings. The fourth-order valence-electron chi connectivity index (χ4n) is 1.89. The first-order chi connectivity index (χ1) is 9.72. The molecule has 0 spiro atoms. The smallest absolute Gasteiger partial charge is 0.236 e. The highest BCUT2D eigenvalue weighted by atomic mass is 16.2. The number of aromatic nitrogens is 3. The van der Waals surface area contributed by atoms with E-state index in [0.29, 0.717) is 13.1 Å². The maximum absolute atomic E-state index is 11.7. The monoisotopic (exact) mass is 273 g/mol. The minimum Gasteiger partial charge on any atom is -0.355 e. The second kappa shape index (κ2) is 6.81. The van der Waals surface area contributed by atoms with Crippen molar-refractivity contribution >= 4 is 5.91 Å². The summed E-state index contributed by atoms with van der Waals surface area (Å²) in [5.74, 6) is -0.000998. The lowest BCUT2D eigenvalue weighted by molar-refractivity contribution is -0.122. The number of likely N-dealkylation sites (N-methyl/N-ethyl adjacent to an activating group) is 1. The molecule has 0 aromatic carbocycles. The summed E-state index contributed by atoms with van der Waals surface area (Å²) in [5.41, 5.74) is 2.91. The van der Waals surface area contributed by atoms with Crippen molar-refractivity contribution < 1.29 is 4.79 Å². The van der Waals surface area contributed by atoms with Gasteiger partial charge in [0.05, 0.1) is 17.9 Å². The predicted octanol–water partition coefficient (Wildman–Crippen LogP) is 1.09. The van der Waals surface area contributed by atoms with Gasteiger partial charge >= 0.3 is 0 Å². The van der Waals surface area contributed by atoms with Crippen LogP contribution in [0.4, 0.5) is 0 Å². The quantitative estimate of drug-likeness (QED) is 0.735. The van der Waals surface area contributed by atoms with Crippen molar-refractivity contribution in [3.8, 4) is 11.3 Å². The number of hydrogen-bond donors (Lipinski definition) is 3. The molecule has 1 amide bonds. The summed E-state index contributed by atoms with van der Waals surface area (Å²) < 4.78 is 0. The molecule has 0 fully saturated rings. The molecular formula is C14H19N5O. The summed E-state index contributed by atoms with van der Waals surface area (Å²) in [6, 6.07) is 3.61. The van der Waals surface area contributed by atoms with Crippen LogP contribution in [0.2, 0.25) is 0 Å². The molecule has 106 valence electrons. The third-order valence-electron chi connectivity index (χ3n) is 3.01. The average Bonchev–Trinajstić information content (AvgIpc) is 2.94. The van der Waals surface area contributed by atoms with Crippen LogP contribution in [0.15, 0.2) is 30.7 Å². The van der Waals surface area contributed by atoms with Gasteiger partial charge in [0.2, 0.25) is 5.91 Å². The summed E-state index contributed by atoms with van der Waals surface area (Å²) in [6.45, 7) is 4.95. The Hall–Kier alpha value is -2.21. The van der Waals surface area contributed by atoms with Crippen LogP contribution in [0.3, 0.4) is 0 Å². The number of pyridine rings is 1. The molecule has 1 unspecified atom stereocenters. The van der Waals surface area contributed by atoms with Crippen LogP contribution < -0.4 is 10.6 Å². The van der Waals surface area contributed by atoms with Crippen molar-refractivity contribution in [2.45, 2.75) is 26.4 Å². The van der Waals surface area contributed by atoms with Crippen molar-refractivity contribution in [1.82, 2.24) is 25.8 Å². The first kappa shape index (κ1) is 14.2. The predicted molar refractivity (Wildman–Crippen MR) is 76.8 cm³/mol. The van der Waals surface area contributed by atoms with Crippen LogP contribution >= 0.6 is 0 Å². The van der Waals surface area contributed by atoms with Gasteiger partial charge in [0.25, 0.3) is 0 Å². The molecule has 0 saturated heterocycles. The standard InChI is InChI=1S/C14H19N5O/c1-3-16-14(20)10(2)17-8-12-9-18-19-13(12)11-5-4-6-15-7-11/h4-7,9-10,17H,3,8H2,1-2H3,(H,16,20)(H,18,19). The second-order valence-corrected chi connectivity index (χ2v) is 4.51. The van der Waals surface area contributed by atoms with Crippen LogP contribution in [0.5, 0.6) is 0 Å². The van der Waals surface area contributed by atoms with E-state index in [4.69, 9.17) is 0 Å². The molecule has 6 nitrogen and oxygen atoms in total. The number of nitrogens with zero attached hydrogens (tertiary/aromatic N) is 2. The summed E-state index contributed by atoms with van der Waals surface area (Å²) in [5, 5.41) is 13.0. The van der Waals surface area contributed by atoms with Gasteiger partial charge in [0, 0.05) is 36.6 Å². The van der Waals surface area contributed by atoms with Crippen molar-refractivity contribution in [2.75, 3.05) is 6.54 Å². The van der Waals surface area contributed by atoms with Crippen LogP contribution in [0, 0.1) is 0 Å². The van der Waals surface area contributed by atoms with Gasteiger partial charge in [-0.05, 0) is 26.0 Å². The summed E-state index contributed by atoms with van der Waals surface area (Å²) in [6.07, 6.45) is 5.28. The summed E-state index contributed by atoms with van der Waals surface area (Å²) in [7, 11) is 0. The van der Waals surface area contributed by atoms with Gasteiger partial charge < -0.3 is 10.6 Å². The zero-order valence-electron chi connectivity index (χ0n) is 11.7. The highest BCUT2D eigenvalue weighted by Crippen LogP contribution is 2.19. The van der Waals surface area contributed by atoms with Gasteiger partial charge in [-0.25, -0.2) is 0 Å². The number of aromatic amines is 1. The molecule has 3 N–H and O–H groups in total. The second-order valence-electron chi connectivity index (χ2n) is 4.51. The molecule has 0 aliphatic carbocycles. The van der Waals surface area contributed by atoms with Crippen molar-refractivity contribution in [3.05, 3.63) is 36.3 Å². The molecule has 0 bridgehead atoms. The lowest BCUT2D eigenvalue weighted by atomic mass is 10.1. The summed E-state index contributed by atoms with van der Waals surface area (Å²) in [4.78, 5) is 15.7. The Morgan fingerprint density at radius 3 is 3.00 bits per heavy atom. The topological polar surface area (TPSA) is 82.7 Å². The Kier molecular flexibility index (Phi) is 4.84. The fourth-order valence-corrected chi connectivity index (χ4v) is 1.89.